The van der Waals surface area contributed by atoms with Gasteiger partial charge >= 0.3 is 0 Å². The lowest BCUT2D eigenvalue weighted by molar-refractivity contribution is -0.132. The molecule has 6 heteroatoms. The number of carbonyl (C=O) groups excluding carboxylic acids is 1. The van der Waals surface area contributed by atoms with E-state index in [1.807, 2.05) is 0 Å². The fourth-order valence-corrected chi connectivity index (χ4v) is 8.17. The summed E-state index contributed by atoms with van der Waals surface area (Å²) in [5, 5.41) is 43.8. The standard InChI is InChI=1S/C51H101NO5/c1-3-5-7-9-11-13-15-17-19-20-21-22-23-24-25-26-27-28-29-31-33-35-37-39-41-43-45-49(55)51(57)52-47(46-53)50(56)48(54)44-42-40-38-36-34-32-30-18-16-14-12-10-8-6-4-2/h24-25,47-50,53-56H,3-23,26-46H2,1-2H3,(H,52,57)/b25-24-. The molecule has 0 aromatic heterocycles. The zero-order valence-corrected chi connectivity index (χ0v) is 38.4. The van der Waals surface area contributed by atoms with Crippen LogP contribution in [0.5, 0.6) is 0 Å². The largest absolute Gasteiger partial charge is 0.394 e. The first-order chi connectivity index (χ1) is 28.0. The van der Waals surface area contributed by atoms with Crippen molar-refractivity contribution in [1.29, 1.82) is 0 Å². The van der Waals surface area contributed by atoms with Gasteiger partial charge in [-0.05, 0) is 38.5 Å². The molecule has 0 aromatic rings. The van der Waals surface area contributed by atoms with Gasteiger partial charge in [0.05, 0.1) is 18.8 Å². The molecule has 0 spiro atoms. The highest BCUT2D eigenvalue weighted by Gasteiger charge is 2.28. The summed E-state index contributed by atoms with van der Waals surface area (Å²) in [6.45, 7) is 4.07. The molecular formula is C51H101NO5. The Bertz CT molecular complexity index is 821. The van der Waals surface area contributed by atoms with Crippen LogP contribution in [-0.2, 0) is 4.79 Å². The van der Waals surface area contributed by atoms with Crippen molar-refractivity contribution >= 4 is 5.91 Å². The van der Waals surface area contributed by atoms with E-state index in [4.69, 9.17) is 0 Å². The average Bonchev–Trinajstić information content (AvgIpc) is 3.22. The van der Waals surface area contributed by atoms with Crippen LogP contribution in [0, 0.1) is 0 Å². The van der Waals surface area contributed by atoms with Crippen molar-refractivity contribution in [2.75, 3.05) is 6.61 Å². The Labute approximate surface area is 355 Å². The Balaban J connectivity index is 3.63. The van der Waals surface area contributed by atoms with Crippen LogP contribution in [0.4, 0.5) is 0 Å². The molecular weight excluding hydrogens is 707 g/mol. The van der Waals surface area contributed by atoms with Crippen molar-refractivity contribution in [2.45, 2.75) is 301 Å². The molecule has 0 aliphatic carbocycles. The predicted octanol–water partition coefficient (Wildman–Crippen LogP) is 14.1. The second-order valence-corrected chi connectivity index (χ2v) is 17.9. The molecule has 0 heterocycles. The Hall–Kier alpha value is -0.950. The van der Waals surface area contributed by atoms with E-state index in [0.29, 0.717) is 12.8 Å². The van der Waals surface area contributed by atoms with E-state index in [-0.39, 0.29) is 0 Å². The third-order valence-corrected chi connectivity index (χ3v) is 12.2. The van der Waals surface area contributed by atoms with Gasteiger partial charge in [0.25, 0.3) is 0 Å². The van der Waals surface area contributed by atoms with Crippen molar-refractivity contribution in [3.8, 4) is 0 Å². The monoisotopic (exact) mass is 808 g/mol. The third-order valence-electron chi connectivity index (χ3n) is 12.2. The highest BCUT2D eigenvalue weighted by molar-refractivity contribution is 5.80. The molecule has 57 heavy (non-hydrogen) atoms. The molecule has 6 nitrogen and oxygen atoms in total. The van der Waals surface area contributed by atoms with Crippen molar-refractivity contribution in [2.24, 2.45) is 0 Å². The summed E-state index contributed by atoms with van der Waals surface area (Å²) < 4.78 is 0. The van der Waals surface area contributed by atoms with E-state index < -0.39 is 36.9 Å². The maximum atomic E-state index is 12.6. The molecule has 0 bridgehead atoms. The Kier molecular flexibility index (Phi) is 45.4. The number of hydrogen-bond acceptors (Lipinski definition) is 5. The molecule has 5 N–H and O–H groups in total. The second kappa shape index (κ2) is 46.1. The molecule has 0 aliphatic heterocycles. The number of aliphatic hydroxyl groups is 4. The predicted molar refractivity (Wildman–Crippen MR) is 247 cm³/mol. The quantitative estimate of drug-likeness (QED) is 0.0311. The maximum absolute atomic E-state index is 12.6. The number of nitrogens with one attached hydrogen (secondary N) is 1. The molecule has 4 atom stereocenters. The van der Waals surface area contributed by atoms with Crippen LogP contribution in [0.15, 0.2) is 12.2 Å². The number of unbranched alkanes of at least 4 members (excludes halogenated alkanes) is 36. The van der Waals surface area contributed by atoms with Gasteiger partial charge in [-0.3, -0.25) is 4.79 Å². The number of amides is 1. The van der Waals surface area contributed by atoms with Gasteiger partial charge < -0.3 is 25.7 Å². The Morgan fingerprint density at radius 3 is 1.02 bits per heavy atom. The summed E-state index contributed by atoms with van der Waals surface area (Å²) in [5.74, 6) is -0.581. The molecule has 4 unspecified atom stereocenters. The first-order valence-corrected chi connectivity index (χ1v) is 25.6. The molecule has 0 aromatic carbocycles. The van der Waals surface area contributed by atoms with Crippen LogP contribution >= 0.6 is 0 Å². The van der Waals surface area contributed by atoms with Crippen molar-refractivity contribution < 1.29 is 25.2 Å². The first kappa shape index (κ1) is 56.0. The first-order valence-electron chi connectivity index (χ1n) is 25.6. The molecule has 0 saturated heterocycles. The second-order valence-electron chi connectivity index (χ2n) is 17.9. The van der Waals surface area contributed by atoms with Crippen LogP contribution in [0.2, 0.25) is 0 Å². The van der Waals surface area contributed by atoms with E-state index in [2.05, 4.69) is 31.3 Å². The lowest BCUT2D eigenvalue weighted by Gasteiger charge is -2.27. The number of aliphatic hydroxyl groups excluding tert-OH is 4. The summed E-state index contributed by atoms with van der Waals surface area (Å²) in [6, 6.07) is -0.983. The van der Waals surface area contributed by atoms with Crippen LogP contribution in [0.25, 0.3) is 0 Å². The number of allylic oxidation sites excluding steroid dienone is 2. The summed E-state index contributed by atoms with van der Waals surface area (Å²) >= 11 is 0. The molecule has 0 fully saturated rings. The van der Waals surface area contributed by atoms with Gasteiger partial charge in [0.15, 0.2) is 0 Å². The van der Waals surface area contributed by atoms with Crippen molar-refractivity contribution in [3.05, 3.63) is 12.2 Å². The molecule has 0 radical (unpaired) electrons. The SMILES string of the molecule is CCCCCCCCCCCCCC/C=C\CCCCCCCCCCCCC(O)C(=O)NC(CO)C(O)C(O)CCCCCCCCCCCCCCCCC. The minimum atomic E-state index is -1.26. The molecule has 340 valence electrons. The molecule has 0 rings (SSSR count). The maximum Gasteiger partial charge on any atom is 0.249 e. The van der Waals surface area contributed by atoms with Crippen molar-refractivity contribution in [3.63, 3.8) is 0 Å². The smallest absolute Gasteiger partial charge is 0.249 e. The zero-order valence-electron chi connectivity index (χ0n) is 38.4. The van der Waals surface area contributed by atoms with Crippen LogP contribution in [0.3, 0.4) is 0 Å². The van der Waals surface area contributed by atoms with Crippen LogP contribution in [-0.4, -0.2) is 57.3 Å². The molecule has 0 saturated carbocycles. The fourth-order valence-electron chi connectivity index (χ4n) is 8.17. The Morgan fingerprint density at radius 1 is 0.421 bits per heavy atom. The van der Waals surface area contributed by atoms with E-state index >= 15 is 0 Å². The minimum absolute atomic E-state index is 0.371. The molecule has 1 amide bonds. The number of carbonyl (C=O) groups is 1. The van der Waals surface area contributed by atoms with E-state index in [1.54, 1.807) is 0 Å². The summed E-state index contributed by atoms with van der Waals surface area (Å²) in [5.41, 5.74) is 0. The highest BCUT2D eigenvalue weighted by atomic mass is 16.3. The number of rotatable bonds is 47. The van der Waals surface area contributed by atoms with Crippen LogP contribution < -0.4 is 5.32 Å². The minimum Gasteiger partial charge on any atom is -0.394 e. The van der Waals surface area contributed by atoms with Gasteiger partial charge in [0.2, 0.25) is 5.91 Å². The molecule has 0 aliphatic rings. The van der Waals surface area contributed by atoms with Gasteiger partial charge in [-0.25, -0.2) is 0 Å². The lowest BCUT2D eigenvalue weighted by atomic mass is 9.99. The average molecular weight is 808 g/mol. The van der Waals surface area contributed by atoms with Crippen molar-refractivity contribution in [1.82, 2.24) is 5.32 Å². The summed E-state index contributed by atoms with van der Waals surface area (Å²) in [7, 11) is 0. The summed E-state index contributed by atoms with van der Waals surface area (Å²) in [6.07, 6.45) is 52.6. The third kappa shape index (κ3) is 40.2. The van der Waals surface area contributed by atoms with E-state index in [9.17, 15) is 25.2 Å². The van der Waals surface area contributed by atoms with Gasteiger partial charge in [0.1, 0.15) is 12.2 Å². The normalized spacial score (nSPS) is 14.0. The number of hydrogen-bond donors (Lipinski definition) is 5. The highest BCUT2D eigenvalue weighted by Crippen LogP contribution is 2.17. The lowest BCUT2D eigenvalue weighted by Crippen LogP contribution is -2.53. The van der Waals surface area contributed by atoms with Gasteiger partial charge in [-0.2, -0.15) is 0 Å². The zero-order chi connectivity index (χ0) is 41.7. The topological polar surface area (TPSA) is 110 Å². The van der Waals surface area contributed by atoms with Gasteiger partial charge in [-0.15, -0.1) is 0 Å². The van der Waals surface area contributed by atoms with Gasteiger partial charge in [-0.1, -0.05) is 251 Å². The summed E-state index contributed by atoms with van der Waals surface area (Å²) in [4.78, 5) is 12.6. The Morgan fingerprint density at radius 2 is 0.702 bits per heavy atom. The van der Waals surface area contributed by atoms with Crippen LogP contribution in [0.1, 0.15) is 277 Å². The van der Waals surface area contributed by atoms with E-state index in [1.165, 1.54) is 212 Å². The van der Waals surface area contributed by atoms with Gasteiger partial charge in [0, 0.05) is 0 Å². The fraction of sp³-hybridized carbons (Fsp3) is 0.941. The van der Waals surface area contributed by atoms with E-state index in [0.717, 1.165) is 38.5 Å².